The second kappa shape index (κ2) is 7.36. The van der Waals surface area contributed by atoms with Gasteiger partial charge in [-0.05, 0) is 33.0 Å². The molecule has 0 saturated heterocycles. The first kappa shape index (κ1) is 13.1. The van der Waals surface area contributed by atoms with Crippen molar-refractivity contribution in [2.45, 2.75) is 26.3 Å². The van der Waals surface area contributed by atoms with Gasteiger partial charge in [0, 0.05) is 44.0 Å². The Hall–Kier alpha value is -0.930. The third kappa shape index (κ3) is 5.24. The van der Waals surface area contributed by atoms with E-state index >= 15 is 0 Å². The second-order valence-electron chi connectivity index (χ2n) is 4.40. The molecular weight excluding hydrogens is 198 g/mol. The molecule has 0 aliphatic rings. The minimum absolute atomic E-state index is 0.623. The van der Waals surface area contributed by atoms with Crippen LogP contribution in [-0.4, -0.2) is 42.6 Å². The third-order valence-electron chi connectivity index (χ3n) is 2.81. The molecule has 0 bridgehead atoms. The van der Waals surface area contributed by atoms with Gasteiger partial charge in [0.1, 0.15) is 0 Å². The predicted molar refractivity (Wildman–Crippen MR) is 68.6 cm³/mol. The summed E-state index contributed by atoms with van der Waals surface area (Å²) >= 11 is 0. The molecule has 1 aromatic heterocycles. The average molecular weight is 221 g/mol. The maximum absolute atomic E-state index is 4.29. The number of likely N-dealkylation sites (N-methyl/N-ethyl adjacent to an activating group) is 1. The molecule has 0 atom stereocenters. The maximum atomic E-state index is 4.29. The van der Waals surface area contributed by atoms with E-state index in [0.717, 1.165) is 31.7 Å². The average Bonchev–Trinajstić information content (AvgIpc) is 2.29. The van der Waals surface area contributed by atoms with E-state index in [0.29, 0.717) is 6.04 Å². The third-order valence-corrected chi connectivity index (χ3v) is 2.81. The summed E-state index contributed by atoms with van der Waals surface area (Å²) in [6.07, 6.45) is 2.86. The highest BCUT2D eigenvalue weighted by molar-refractivity contribution is 5.03. The van der Waals surface area contributed by atoms with Crippen molar-refractivity contribution in [1.82, 2.24) is 15.2 Å². The molecule has 0 aromatic carbocycles. The van der Waals surface area contributed by atoms with Gasteiger partial charge >= 0.3 is 0 Å². The van der Waals surface area contributed by atoms with Crippen LogP contribution >= 0.6 is 0 Å². The SMILES string of the molecule is CC(C)N(C)CCNCCc1ccccn1. The fourth-order valence-corrected chi connectivity index (χ4v) is 1.40. The lowest BCUT2D eigenvalue weighted by molar-refractivity contribution is 0.274. The Labute approximate surface area is 98.9 Å². The molecule has 3 heteroatoms. The van der Waals surface area contributed by atoms with Crippen LogP contribution in [0.2, 0.25) is 0 Å². The van der Waals surface area contributed by atoms with Gasteiger partial charge in [0.15, 0.2) is 0 Å². The molecule has 16 heavy (non-hydrogen) atoms. The molecule has 0 saturated carbocycles. The van der Waals surface area contributed by atoms with E-state index < -0.39 is 0 Å². The smallest absolute Gasteiger partial charge is 0.0416 e. The summed E-state index contributed by atoms with van der Waals surface area (Å²) in [4.78, 5) is 6.63. The predicted octanol–water partition coefficient (Wildman–Crippen LogP) is 1.55. The lowest BCUT2D eigenvalue weighted by Crippen LogP contribution is -2.34. The minimum Gasteiger partial charge on any atom is -0.315 e. The highest BCUT2D eigenvalue weighted by atomic mass is 15.1. The van der Waals surface area contributed by atoms with Crippen molar-refractivity contribution in [3.8, 4) is 0 Å². The van der Waals surface area contributed by atoms with Crippen molar-refractivity contribution in [2.24, 2.45) is 0 Å². The van der Waals surface area contributed by atoms with Crippen LogP contribution in [0.5, 0.6) is 0 Å². The molecule has 1 rings (SSSR count). The van der Waals surface area contributed by atoms with E-state index in [2.05, 4.69) is 42.2 Å². The monoisotopic (exact) mass is 221 g/mol. The van der Waals surface area contributed by atoms with E-state index in [1.165, 1.54) is 0 Å². The van der Waals surface area contributed by atoms with Gasteiger partial charge in [-0.1, -0.05) is 6.07 Å². The minimum atomic E-state index is 0.623. The Morgan fingerprint density at radius 3 is 2.75 bits per heavy atom. The van der Waals surface area contributed by atoms with Crippen LogP contribution in [-0.2, 0) is 6.42 Å². The zero-order chi connectivity index (χ0) is 11.8. The molecule has 1 N–H and O–H groups in total. The zero-order valence-corrected chi connectivity index (χ0v) is 10.6. The van der Waals surface area contributed by atoms with E-state index in [4.69, 9.17) is 0 Å². The number of pyridine rings is 1. The van der Waals surface area contributed by atoms with Crippen LogP contribution in [0.3, 0.4) is 0 Å². The van der Waals surface area contributed by atoms with E-state index in [1.54, 1.807) is 0 Å². The van der Waals surface area contributed by atoms with Gasteiger partial charge in [0.2, 0.25) is 0 Å². The molecule has 0 aliphatic heterocycles. The lowest BCUT2D eigenvalue weighted by Gasteiger charge is -2.20. The quantitative estimate of drug-likeness (QED) is 0.708. The van der Waals surface area contributed by atoms with E-state index in [-0.39, 0.29) is 0 Å². The molecule has 0 amide bonds. The van der Waals surface area contributed by atoms with Crippen LogP contribution in [0.1, 0.15) is 19.5 Å². The number of nitrogens with zero attached hydrogens (tertiary/aromatic N) is 2. The molecule has 90 valence electrons. The van der Waals surface area contributed by atoms with Crippen LogP contribution in [0.25, 0.3) is 0 Å². The highest BCUT2D eigenvalue weighted by Crippen LogP contribution is 1.93. The normalized spacial score (nSPS) is 11.3. The fraction of sp³-hybridized carbons (Fsp3) is 0.615. The molecule has 0 unspecified atom stereocenters. The first-order chi connectivity index (χ1) is 7.70. The number of hydrogen-bond donors (Lipinski definition) is 1. The maximum Gasteiger partial charge on any atom is 0.0416 e. The van der Waals surface area contributed by atoms with Crippen molar-refractivity contribution in [3.05, 3.63) is 30.1 Å². The standard InChI is InChI=1S/C13H23N3/c1-12(2)16(3)11-10-14-9-7-13-6-4-5-8-15-13/h4-6,8,12,14H,7,9-11H2,1-3H3. The summed E-state index contributed by atoms with van der Waals surface area (Å²) in [5.41, 5.74) is 1.16. The molecule has 3 nitrogen and oxygen atoms in total. The van der Waals surface area contributed by atoms with Crippen molar-refractivity contribution in [3.63, 3.8) is 0 Å². The zero-order valence-electron chi connectivity index (χ0n) is 10.6. The van der Waals surface area contributed by atoms with Gasteiger partial charge in [0.25, 0.3) is 0 Å². The van der Waals surface area contributed by atoms with Crippen LogP contribution < -0.4 is 5.32 Å². The molecular formula is C13H23N3. The van der Waals surface area contributed by atoms with Crippen molar-refractivity contribution in [1.29, 1.82) is 0 Å². The summed E-state index contributed by atoms with van der Waals surface area (Å²) in [5.74, 6) is 0. The number of hydrogen-bond acceptors (Lipinski definition) is 3. The molecule has 0 fully saturated rings. The Balaban J connectivity index is 2.04. The Kier molecular flexibility index (Phi) is 6.04. The topological polar surface area (TPSA) is 28.2 Å². The van der Waals surface area contributed by atoms with Gasteiger partial charge in [0.05, 0.1) is 0 Å². The van der Waals surface area contributed by atoms with Gasteiger partial charge in [-0.15, -0.1) is 0 Å². The molecule has 0 aliphatic carbocycles. The van der Waals surface area contributed by atoms with Gasteiger partial charge in [-0.2, -0.15) is 0 Å². The highest BCUT2D eigenvalue weighted by Gasteiger charge is 2.01. The lowest BCUT2D eigenvalue weighted by atomic mass is 10.3. The number of rotatable bonds is 7. The number of aromatic nitrogens is 1. The Bertz CT molecular complexity index is 272. The molecule has 1 heterocycles. The van der Waals surface area contributed by atoms with Crippen molar-refractivity contribution in [2.75, 3.05) is 26.7 Å². The summed E-state index contributed by atoms with van der Waals surface area (Å²) in [7, 11) is 2.16. The van der Waals surface area contributed by atoms with Crippen LogP contribution in [0.4, 0.5) is 0 Å². The summed E-state index contributed by atoms with van der Waals surface area (Å²) in [5, 5.41) is 3.44. The summed E-state index contributed by atoms with van der Waals surface area (Å²) < 4.78 is 0. The molecule has 1 aromatic rings. The van der Waals surface area contributed by atoms with Gasteiger partial charge < -0.3 is 10.2 Å². The first-order valence-electron chi connectivity index (χ1n) is 6.01. The van der Waals surface area contributed by atoms with E-state index in [1.807, 2.05) is 18.3 Å². The van der Waals surface area contributed by atoms with Crippen LogP contribution in [0, 0.1) is 0 Å². The molecule has 0 radical (unpaired) electrons. The largest absolute Gasteiger partial charge is 0.315 e. The fourth-order valence-electron chi connectivity index (χ4n) is 1.40. The van der Waals surface area contributed by atoms with Crippen molar-refractivity contribution >= 4 is 0 Å². The second-order valence-corrected chi connectivity index (χ2v) is 4.40. The summed E-state index contributed by atoms with van der Waals surface area (Å²) in [6, 6.07) is 6.68. The Morgan fingerprint density at radius 1 is 1.31 bits per heavy atom. The number of nitrogens with one attached hydrogen (secondary N) is 1. The summed E-state index contributed by atoms with van der Waals surface area (Å²) in [6.45, 7) is 7.58. The molecule has 0 spiro atoms. The van der Waals surface area contributed by atoms with Gasteiger partial charge in [-0.3, -0.25) is 4.98 Å². The first-order valence-corrected chi connectivity index (χ1v) is 6.01. The van der Waals surface area contributed by atoms with Gasteiger partial charge in [-0.25, -0.2) is 0 Å². The van der Waals surface area contributed by atoms with Crippen molar-refractivity contribution < 1.29 is 0 Å². The van der Waals surface area contributed by atoms with Crippen LogP contribution in [0.15, 0.2) is 24.4 Å². The van der Waals surface area contributed by atoms with E-state index in [9.17, 15) is 0 Å². The Morgan fingerprint density at radius 2 is 2.12 bits per heavy atom.